The minimum absolute atomic E-state index is 0.645. The van der Waals surface area contributed by atoms with Gasteiger partial charge >= 0.3 is 0 Å². The molecule has 5 nitrogen and oxygen atoms in total. The Hall–Kier alpha value is -1.53. The van der Waals surface area contributed by atoms with E-state index in [1.807, 2.05) is 18.2 Å². The first kappa shape index (κ1) is 13.5. The number of hydrogen-bond donors (Lipinski definition) is 1. The number of fused-ring (bicyclic) bond motifs is 1. The molecular weight excluding hydrogens is 324 g/mol. The van der Waals surface area contributed by atoms with Crippen molar-refractivity contribution in [1.82, 2.24) is 10.5 Å². The fourth-order valence-corrected chi connectivity index (χ4v) is 2.65. The molecule has 0 aliphatic carbocycles. The third-order valence-electron chi connectivity index (χ3n) is 2.98. The molecule has 3 rings (SSSR count). The Morgan fingerprint density at radius 3 is 2.95 bits per heavy atom. The molecule has 1 aliphatic heterocycles. The van der Waals surface area contributed by atoms with Crippen LogP contribution < -0.4 is 14.8 Å². The van der Waals surface area contributed by atoms with Gasteiger partial charge in [0.15, 0.2) is 11.5 Å². The summed E-state index contributed by atoms with van der Waals surface area (Å²) >= 11 is 3.54. The van der Waals surface area contributed by atoms with Gasteiger partial charge in [0.25, 0.3) is 0 Å². The molecule has 0 unspecified atom stereocenters. The molecule has 1 N–H and O–H groups in total. The van der Waals surface area contributed by atoms with Gasteiger partial charge in [-0.05, 0) is 33.6 Å². The number of hydrogen-bond acceptors (Lipinski definition) is 5. The monoisotopic (exact) mass is 338 g/mol. The number of nitrogens with zero attached hydrogens (tertiary/aromatic N) is 1. The summed E-state index contributed by atoms with van der Waals surface area (Å²) in [6.45, 7) is 2.74. The largest absolute Gasteiger partial charge is 0.490 e. The second-order valence-electron chi connectivity index (χ2n) is 4.54. The van der Waals surface area contributed by atoms with Crippen molar-refractivity contribution < 1.29 is 14.0 Å². The molecule has 1 aliphatic rings. The predicted octanol–water partition coefficient (Wildman–Crippen LogP) is 2.89. The normalized spacial score (nSPS) is 14.1. The van der Waals surface area contributed by atoms with Crippen molar-refractivity contribution >= 4 is 15.9 Å². The van der Waals surface area contributed by atoms with Crippen LogP contribution in [0.1, 0.15) is 17.7 Å². The summed E-state index contributed by atoms with van der Waals surface area (Å²) in [6.07, 6.45) is 2.54. The molecule has 0 atom stereocenters. The average molecular weight is 339 g/mol. The third-order valence-corrected chi connectivity index (χ3v) is 3.57. The third kappa shape index (κ3) is 3.13. The van der Waals surface area contributed by atoms with Crippen molar-refractivity contribution in [2.45, 2.75) is 19.5 Å². The quantitative estimate of drug-likeness (QED) is 0.928. The zero-order chi connectivity index (χ0) is 13.8. The Kier molecular flexibility index (Phi) is 4.22. The van der Waals surface area contributed by atoms with E-state index in [-0.39, 0.29) is 0 Å². The Bertz CT molecular complexity index is 572. The molecule has 106 valence electrons. The van der Waals surface area contributed by atoms with Crippen LogP contribution in [-0.4, -0.2) is 18.4 Å². The van der Waals surface area contributed by atoms with Gasteiger partial charge in [0, 0.05) is 19.0 Å². The summed E-state index contributed by atoms with van der Waals surface area (Å²) in [5.74, 6) is 2.41. The molecule has 0 bridgehead atoms. The molecule has 2 heterocycles. The summed E-state index contributed by atoms with van der Waals surface area (Å²) in [6, 6.07) is 5.90. The molecule has 0 saturated heterocycles. The van der Waals surface area contributed by atoms with Gasteiger partial charge in [0.2, 0.25) is 0 Å². The zero-order valence-corrected chi connectivity index (χ0v) is 12.5. The van der Waals surface area contributed by atoms with E-state index in [0.717, 1.165) is 40.3 Å². The number of nitrogens with one attached hydrogen (secondary N) is 1. The van der Waals surface area contributed by atoms with Gasteiger partial charge < -0.3 is 19.3 Å². The van der Waals surface area contributed by atoms with Gasteiger partial charge in [-0.1, -0.05) is 5.16 Å². The van der Waals surface area contributed by atoms with Crippen LogP contribution >= 0.6 is 15.9 Å². The van der Waals surface area contributed by atoms with Crippen LogP contribution in [0.25, 0.3) is 0 Å². The summed E-state index contributed by atoms with van der Waals surface area (Å²) in [5, 5.41) is 6.97. The molecular formula is C14H15BrN2O3. The second-order valence-corrected chi connectivity index (χ2v) is 5.39. The maximum absolute atomic E-state index is 5.71. The Labute approximate surface area is 125 Å². The topological polar surface area (TPSA) is 56.5 Å². The first-order valence-electron chi connectivity index (χ1n) is 6.51. The average Bonchev–Trinajstić information content (AvgIpc) is 2.83. The fraction of sp³-hybridized carbons (Fsp3) is 0.357. The number of halogens is 1. The van der Waals surface area contributed by atoms with Crippen LogP contribution in [0.3, 0.4) is 0 Å². The van der Waals surface area contributed by atoms with E-state index < -0.39 is 0 Å². The Morgan fingerprint density at radius 1 is 1.20 bits per heavy atom. The van der Waals surface area contributed by atoms with Crippen molar-refractivity contribution in [2.75, 3.05) is 13.2 Å². The van der Waals surface area contributed by atoms with Crippen molar-refractivity contribution in [3.8, 4) is 11.5 Å². The SMILES string of the molecule is Brc1cc(CNCc2ccno2)cc2c1OCCCO2. The number of rotatable bonds is 4. The van der Waals surface area contributed by atoms with Gasteiger partial charge in [-0.3, -0.25) is 0 Å². The molecule has 1 aromatic carbocycles. The molecule has 6 heteroatoms. The van der Waals surface area contributed by atoms with E-state index >= 15 is 0 Å². The van der Waals surface area contributed by atoms with Crippen molar-refractivity contribution in [3.63, 3.8) is 0 Å². The van der Waals surface area contributed by atoms with Crippen LogP contribution in [0.2, 0.25) is 0 Å². The molecule has 0 fully saturated rings. The fourth-order valence-electron chi connectivity index (χ4n) is 2.05. The number of aromatic nitrogens is 1. The minimum Gasteiger partial charge on any atom is -0.490 e. The summed E-state index contributed by atoms with van der Waals surface area (Å²) in [4.78, 5) is 0. The van der Waals surface area contributed by atoms with E-state index in [9.17, 15) is 0 Å². The molecule has 1 aromatic heterocycles. The van der Waals surface area contributed by atoms with Gasteiger partial charge in [0.05, 0.1) is 30.4 Å². The highest BCUT2D eigenvalue weighted by Gasteiger charge is 2.15. The second kappa shape index (κ2) is 6.28. The molecule has 0 saturated carbocycles. The van der Waals surface area contributed by atoms with Crippen molar-refractivity contribution in [2.24, 2.45) is 0 Å². The lowest BCUT2D eigenvalue weighted by Gasteiger charge is -2.12. The highest BCUT2D eigenvalue weighted by Crippen LogP contribution is 2.38. The van der Waals surface area contributed by atoms with E-state index in [0.29, 0.717) is 19.8 Å². The highest BCUT2D eigenvalue weighted by molar-refractivity contribution is 9.10. The van der Waals surface area contributed by atoms with Crippen molar-refractivity contribution in [3.05, 3.63) is 40.2 Å². The van der Waals surface area contributed by atoms with Gasteiger partial charge in [-0.2, -0.15) is 0 Å². The smallest absolute Gasteiger partial charge is 0.175 e. The van der Waals surface area contributed by atoms with Crippen LogP contribution in [0.5, 0.6) is 11.5 Å². The summed E-state index contributed by atoms with van der Waals surface area (Å²) < 4.78 is 17.4. The first-order valence-corrected chi connectivity index (χ1v) is 7.30. The van der Waals surface area contributed by atoms with Gasteiger partial charge in [-0.25, -0.2) is 0 Å². The van der Waals surface area contributed by atoms with Gasteiger partial charge in [0.1, 0.15) is 5.76 Å². The van der Waals surface area contributed by atoms with E-state index in [4.69, 9.17) is 14.0 Å². The van der Waals surface area contributed by atoms with E-state index in [2.05, 4.69) is 26.4 Å². The van der Waals surface area contributed by atoms with Crippen LogP contribution in [0.4, 0.5) is 0 Å². The molecule has 0 spiro atoms. The summed E-state index contributed by atoms with van der Waals surface area (Å²) in [7, 11) is 0. The number of ether oxygens (including phenoxy) is 2. The highest BCUT2D eigenvalue weighted by atomic mass is 79.9. The predicted molar refractivity (Wildman–Crippen MR) is 76.8 cm³/mol. The molecule has 20 heavy (non-hydrogen) atoms. The van der Waals surface area contributed by atoms with E-state index in [1.54, 1.807) is 6.20 Å². The van der Waals surface area contributed by atoms with E-state index in [1.165, 1.54) is 0 Å². The molecule has 0 amide bonds. The van der Waals surface area contributed by atoms with Gasteiger partial charge in [-0.15, -0.1) is 0 Å². The molecule has 0 radical (unpaired) electrons. The lowest BCUT2D eigenvalue weighted by Crippen LogP contribution is -2.12. The summed E-state index contributed by atoms with van der Waals surface area (Å²) in [5.41, 5.74) is 1.13. The van der Waals surface area contributed by atoms with Crippen molar-refractivity contribution in [1.29, 1.82) is 0 Å². The Morgan fingerprint density at radius 2 is 2.10 bits per heavy atom. The maximum atomic E-state index is 5.71. The standard InChI is InChI=1S/C14H15BrN2O3/c15-12-6-10(8-16-9-11-2-3-17-20-11)7-13-14(12)19-5-1-4-18-13/h2-3,6-7,16H,1,4-5,8-9H2. The van der Waals surface area contributed by atoms with Crippen LogP contribution in [0, 0.1) is 0 Å². The first-order chi connectivity index (χ1) is 9.83. The number of benzene rings is 1. The lowest BCUT2D eigenvalue weighted by atomic mass is 10.2. The van der Waals surface area contributed by atoms with Crippen LogP contribution in [-0.2, 0) is 13.1 Å². The zero-order valence-electron chi connectivity index (χ0n) is 10.9. The molecule has 2 aromatic rings. The maximum Gasteiger partial charge on any atom is 0.175 e. The minimum atomic E-state index is 0.645. The Balaban J connectivity index is 1.67. The lowest BCUT2D eigenvalue weighted by molar-refractivity contribution is 0.296. The van der Waals surface area contributed by atoms with Crippen LogP contribution in [0.15, 0.2) is 33.4 Å².